The van der Waals surface area contributed by atoms with Crippen molar-refractivity contribution < 1.29 is 18.0 Å². The van der Waals surface area contributed by atoms with Crippen molar-refractivity contribution in [1.82, 2.24) is 0 Å². The Balaban J connectivity index is 1.47. The molecular formula is C30H24N2O4S. The van der Waals surface area contributed by atoms with E-state index in [1.807, 2.05) is 12.1 Å². The van der Waals surface area contributed by atoms with Gasteiger partial charge in [0, 0.05) is 22.5 Å². The fourth-order valence-corrected chi connectivity index (χ4v) is 4.99. The number of benzene rings is 4. The van der Waals surface area contributed by atoms with E-state index in [0.29, 0.717) is 33.6 Å². The highest BCUT2D eigenvalue weighted by atomic mass is 32.2. The van der Waals surface area contributed by atoms with Crippen LogP contribution in [0.15, 0.2) is 120 Å². The van der Waals surface area contributed by atoms with Crippen molar-refractivity contribution in [2.45, 2.75) is 9.79 Å². The van der Waals surface area contributed by atoms with Gasteiger partial charge in [0.1, 0.15) is 0 Å². The lowest BCUT2D eigenvalue weighted by atomic mass is 10.1. The molecule has 2 amide bonds. The zero-order chi connectivity index (χ0) is 26.4. The first-order chi connectivity index (χ1) is 17.8. The minimum Gasteiger partial charge on any atom is -0.322 e. The van der Waals surface area contributed by atoms with Crippen LogP contribution >= 0.6 is 0 Å². The smallest absolute Gasteiger partial charge is 0.256 e. The molecule has 37 heavy (non-hydrogen) atoms. The van der Waals surface area contributed by atoms with E-state index in [2.05, 4.69) is 23.8 Å². The van der Waals surface area contributed by atoms with Gasteiger partial charge in [-0.15, -0.1) is 0 Å². The molecular weight excluding hydrogens is 484 g/mol. The molecule has 6 nitrogen and oxygen atoms in total. The maximum Gasteiger partial charge on any atom is 0.256 e. The number of nitrogens with one attached hydrogen (secondary N) is 2. The van der Waals surface area contributed by atoms with E-state index in [1.165, 1.54) is 48.5 Å². The van der Waals surface area contributed by atoms with Crippen LogP contribution in [0, 0.1) is 0 Å². The molecule has 0 aromatic heterocycles. The van der Waals surface area contributed by atoms with E-state index >= 15 is 0 Å². The molecule has 0 bridgehead atoms. The Kier molecular flexibility index (Phi) is 7.46. The molecule has 184 valence electrons. The Morgan fingerprint density at radius 1 is 0.568 bits per heavy atom. The summed E-state index contributed by atoms with van der Waals surface area (Å²) in [6.07, 6.45) is 3.20. The molecule has 2 N–H and O–H groups in total. The van der Waals surface area contributed by atoms with Crippen molar-refractivity contribution in [1.29, 1.82) is 0 Å². The highest BCUT2D eigenvalue weighted by Crippen LogP contribution is 2.25. The summed E-state index contributed by atoms with van der Waals surface area (Å²) >= 11 is 0. The van der Waals surface area contributed by atoms with Crippen molar-refractivity contribution in [3.05, 3.63) is 132 Å². The molecule has 0 spiro atoms. The van der Waals surface area contributed by atoms with Crippen LogP contribution in [0.4, 0.5) is 11.4 Å². The standard InChI is InChI=1S/C30H24N2O4S/c1-3-21-9-5-7-11-27(21)29(33)31-23-13-17-25(18-14-23)37(35,36)26-19-15-24(16-20-26)32-30(34)28-12-8-6-10-22(28)4-2/h3-20H,1-2H2,(H,31,33)(H,32,34). The van der Waals surface area contributed by atoms with Crippen LogP contribution in [0.1, 0.15) is 31.8 Å². The van der Waals surface area contributed by atoms with Crippen LogP contribution in [0.2, 0.25) is 0 Å². The molecule has 0 aliphatic heterocycles. The van der Waals surface area contributed by atoms with Crippen LogP contribution < -0.4 is 10.6 Å². The van der Waals surface area contributed by atoms with Crippen molar-refractivity contribution in [2.24, 2.45) is 0 Å². The van der Waals surface area contributed by atoms with Gasteiger partial charge >= 0.3 is 0 Å². The molecule has 0 radical (unpaired) electrons. The minimum absolute atomic E-state index is 0.0775. The van der Waals surface area contributed by atoms with E-state index in [-0.39, 0.29) is 21.6 Å². The maximum atomic E-state index is 13.1. The van der Waals surface area contributed by atoms with Crippen LogP contribution in [0.5, 0.6) is 0 Å². The molecule has 4 aromatic carbocycles. The number of rotatable bonds is 8. The molecule has 0 heterocycles. The molecule has 7 heteroatoms. The highest BCUT2D eigenvalue weighted by molar-refractivity contribution is 7.91. The normalized spacial score (nSPS) is 10.8. The van der Waals surface area contributed by atoms with Crippen LogP contribution in [-0.4, -0.2) is 20.2 Å². The minimum atomic E-state index is -3.81. The SMILES string of the molecule is C=Cc1ccccc1C(=O)Nc1ccc(S(=O)(=O)c2ccc(NC(=O)c3ccccc3C=C)cc2)cc1. The Labute approximate surface area is 215 Å². The quantitative estimate of drug-likeness (QED) is 0.292. The largest absolute Gasteiger partial charge is 0.322 e. The topological polar surface area (TPSA) is 92.3 Å². The zero-order valence-electron chi connectivity index (χ0n) is 19.8. The van der Waals surface area contributed by atoms with Gasteiger partial charge in [0.25, 0.3) is 11.8 Å². The Hall–Kier alpha value is -4.75. The van der Waals surface area contributed by atoms with Gasteiger partial charge in [0.05, 0.1) is 9.79 Å². The van der Waals surface area contributed by atoms with Gasteiger partial charge in [-0.05, 0) is 71.8 Å². The van der Waals surface area contributed by atoms with Crippen molar-refractivity contribution >= 4 is 45.2 Å². The first-order valence-electron chi connectivity index (χ1n) is 11.3. The molecule has 0 fully saturated rings. The Morgan fingerprint density at radius 2 is 0.919 bits per heavy atom. The summed E-state index contributed by atoms with van der Waals surface area (Å²) < 4.78 is 26.2. The molecule has 0 aliphatic rings. The lowest BCUT2D eigenvalue weighted by Gasteiger charge is -2.10. The highest BCUT2D eigenvalue weighted by Gasteiger charge is 2.18. The average Bonchev–Trinajstić information content (AvgIpc) is 2.93. The molecule has 4 aromatic rings. The monoisotopic (exact) mass is 508 g/mol. The van der Waals surface area contributed by atoms with Gasteiger partial charge in [-0.1, -0.05) is 61.7 Å². The predicted molar refractivity (Wildman–Crippen MR) is 147 cm³/mol. The summed E-state index contributed by atoms with van der Waals surface area (Å²) in [7, 11) is -3.81. The number of hydrogen-bond acceptors (Lipinski definition) is 4. The third-order valence-electron chi connectivity index (χ3n) is 5.70. The van der Waals surface area contributed by atoms with Gasteiger partial charge in [-0.3, -0.25) is 9.59 Å². The summed E-state index contributed by atoms with van der Waals surface area (Å²) in [6.45, 7) is 7.44. The number of carbonyl (C=O) groups is 2. The number of hydrogen-bond donors (Lipinski definition) is 2. The maximum absolute atomic E-state index is 13.1. The van der Waals surface area contributed by atoms with Gasteiger partial charge in [0.15, 0.2) is 0 Å². The van der Waals surface area contributed by atoms with Crippen molar-refractivity contribution in [2.75, 3.05) is 10.6 Å². The number of sulfone groups is 1. The van der Waals surface area contributed by atoms with Crippen LogP contribution in [0.3, 0.4) is 0 Å². The predicted octanol–water partition coefficient (Wildman–Crippen LogP) is 6.31. The summed E-state index contributed by atoms with van der Waals surface area (Å²) in [5.74, 6) is -0.640. The second-order valence-corrected chi connectivity index (χ2v) is 9.99. The first-order valence-corrected chi connectivity index (χ1v) is 12.8. The lowest BCUT2D eigenvalue weighted by Crippen LogP contribution is -2.13. The lowest BCUT2D eigenvalue weighted by molar-refractivity contribution is 0.101. The van der Waals surface area contributed by atoms with Crippen LogP contribution in [0.25, 0.3) is 12.2 Å². The molecule has 0 saturated heterocycles. The van der Waals surface area contributed by atoms with Crippen LogP contribution in [-0.2, 0) is 9.84 Å². The number of carbonyl (C=O) groups excluding carboxylic acids is 2. The fourth-order valence-electron chi connectivity index (χ4n) is 3.73. The van der Waals surface area contributed by atoms with Crippen molar-refractivity contribution in [3.63, 3.8) is 0 Å². The van der Waals surface area contributed by atoms with E-state index in [9.17, 15) is 18.0 Å². The number of amides is 2. The van der Waals surface area contributed by atoms with Gasteiger partial charge in [-0.2, -0.15) is 0 Å². The molecule has 0 atom stereocenters. The second-order valence-electron chi connectivity index (χ2n) is 8.04. The zero-order valence-corrected chi connectivity index (χ0v) is 20.7. The van der Waals surface area contributed by atoms with Gasteiger partial charge < -0.3 is 10.6 Å². The van der Waals surface area contributed by atoms with E-state index < -0.39 is 9.84 Å². The third-order valence-corrected chi connectivity index (χ3v) is 7.48. The van der Waals surface area contributed by atoms with E-state index in [4.69, 9.17) is 0 Å². The molecule has 4 rings (SSSR count). The molecule has 0 aliphatic carbocycles. The van der Waals surface area contributed by atoms with E-state index in [0.717, 1.165) is 0 Å². The first kappa shape index (κ1) is 25.3. The summed E-state index contributed by atoms with van der Waals surface area (Å²) in [5, 5.41) is 5.54. The summed E-state index contributed by atoms with van der Waals surface area (Å²) in [4.78, 5) is 25.4. The van der Waals surface area contributed by atoms with Gasteiger partial charge in [-0.25, -0.2) is 8.42 Å². The molecule has 0 unspecified atom stereocenters. The van der Waals surface area contributed by atoms with Crippen molar-refractivity contribution in [3.8, 4) is 0 Å². The van der Waals surface area contributed by atoms with E-state index in [1.54, 1.807) is 48.6 Å². The average molecular weight is 509 g/mol. The summed E-state index contributed by atoms with van der Waals surface area (Å²) in [5.41, 5.74) is 3.25. The third kappa shape index (κ3) is 5.58. The summed E-state index contributed by atoms with van der Waals surface area (Å²) in [6, 6.07) is 26.0. The Bertz CT molecular complexity index is 1470. The van der Waals surface area contributed by atoms with Gasteiger partial charge in [0.2, 0.25) is 9.84 Å². The molecule has 0 saturated carbocycles. The Morgan fingerprint density at radius 3 is 1.27 bits per heavy atom. The fraction of sp³-hybridized carbons (Fsp3) is 0. The second kappa shape index (κ2) is 10.9. The number of anilines is 2.